The number of likely N-dealkylation sites (tertiary alicyclic amines) is 1. The topological polar surface area (TPSA) is 75.7 Å². The van der Waals surface area contributed by atoms with Gasteiger partial charge in [-0.15, -0.1) is 23.2 Å². The maximum absolute atomic E-state index is 13.9. The van der Waals surface area contributed by atoms with E-state index in [1.165, 1.54) is 0 Å². The average molecular weight is 662 g/mol. The number of ether oxygens (including phenoxy) is 1. The molecule has 2 atom stereocenters. The van der Waals surface area contributed by atoms with Gasteiger partial charge < -0.3 is 10.1 Å². The first-order chi connectivity index (χ1) is 20.2. The molecule has 1 saturated heterocycles. The minimum absolute atomic E-state index is 0.0709. The minimum Gasteiger partial charge on any atom is -0.457 e. The third kappa shape index (κ3) is 3.94. The van der Waals surface area contributed by atoms with Crippen molar-refractivity contribution in [2.75, 3.05) is 11.9 Å². The lowest BCUT2D eigenvalue weighted by Gasteiger charge is -2.54. The van der Waals surface area contributed by atoms with Gasteiger partial charge in [0.2, 0.25) is 17.7 Å². The zero-order valence-electron chi connectivity index (χ0n) is 22.0. The molecule has 210 valence electrons. The van der Waals surface area contributed by atoms with E-state index in [4.69, 9.17) is 27.9 Å². The van der Waals surface area contributed by atoms with E-state index in [0.29, 0.717) is 17.2 Å². The lowest BCUT2D eigenvalue weighted by Crippen LogP contribution is -2.57. The van der Waals surface area contributed by atoms with Gasteiger partial charge in [0, 0.05) is 23.1 Å². The van der Waals surface area contributed by atoms with Crippen LogP contribution in [0.25, 0.3) is 0 Å². The summed E-state index contributed by atoms with van der Waals surface area (Å²) >= 11 is 18.3. The number of nitrogens with one attached hydrogen (secondary N) is 1. The number of imide groups is 1. The van der Waals surface area contributed by atoms with Crippen molar-refractivity contribution < 1.29 is 19.1 Å². The number of benzene rings is 4. The van der Waals surface area contributed by atoms with Crippen LogP contribution in [0.1, 0.15) is 28.7 Å². The van der Waals surface area contributed by atoms with Crippen molar-refractivity contribution in [2.45, 2.75) is 16.2 Å². The molecule has 1 aliphatic heterocycles. The molecule has 0 saturated carbocycles. The highest BCUT2D eigenvalue weighted by molar-refractivity contribution is 9.10. The smallest absolute Gasteiger partial charge is 0.235 e. The van der Waals surface area contributed by atoms with Crippen molar-refractivity contribution >= 4 is 62.5 Å². The Labute approximate surface area is 260 Å². The summed E-state index contributed by atoms with van der Waals surface area (Å²) in [4.78, 5) is 39.4. The molecule has 4 aromatic carbocycles. The Morgan fingerprint density at radius 3 is 1.62 bits per heavy atom. The van der Waals surface area contributed by atoms with E-state index >= 15 is 0 Å². The molecule has 4 aromatic rings. The summed E-state index contributed by atoms with van der Waals surface area (Å²) in [5.74, 6) is -1.60. The number of hydrogen-bond donors (Lipinski definition) is 1. The van der Waals surface area contributed by atoms with Gasteiger partial charge in [-0.2, -0.15) is 0 Å². The molecule has 4 aliphatic rings. The van der Waals surface area contributed by atoms with E-state index in [-0.39, 0.29) is 18.9 Å². The van der Waals surface area contributed by atoms with Crippen molar-refractivity contribution in [1.82, 2.24) is 4.90 Å². The number of alkyl halides is 2. The Bertz CT molecular complexity index is 1640. The van der Waals surface area contributed by atoms with Crippen molar-refractivity contribution in [1.29, 1.82) is 0 Å². The van der Waals surface area contributed by atoms with Crippen molar-refractivity contribution in [3.8, 4) is 11.5 Å². The summed E-state index contributed by atoms with van der Waals surface area (Å²) in [5, 5.41) is 2.83. The second kappa shape index (κ2) is 9.97. The van der Waals surface area contributed by atoms with Gasteiger partial charge in [0.25, 0.3) is 0 Å². The van der Waals surface area contributed by atoms with Crippen LogP contribution in [0.15, 0.2) is 102 Å². The van der Waals surface area contributed by atoms with Crippen LogP contribution in [0, 0.1) is 11.8 Å². The SMILES string of the molecule is O=C(CCN1C(=O)[C@H]2[C@H](C1=O)C1(Cl)c3ccccc3C2(Cl)c2ccccc21)Nc1ccc(Oc2ccc(Br)cc2)cc1. The lowest BCUT2D eigenvalue weighted by atomic mass is 9.54. The number of carbonyl (C=O) groups is 3. The lowest BCUT2D eigenvalue weighted by molar-refractivity contribution is -0.140. The highest BCUT2D eigenvalue weighted by atomic mass is 79.9. The second-order valence-electron chi connectivity index (χ2n) is 10.7. The van der Waals surface area contributed by atoms with E-state index in [1.807, 2.05) is 72.8 Å². The Balaban J connectivity index is 1.08. The Kier molecular flexibility index (Phi) is 6.46. The molecule has 3 aliphatic carbocycles. The predicted molar refractivity (Wildman–Crippen MR) is 164 cm³/mol. The highest BCUT2D eigenvalue weighted by Gasteiger charge is 2.72. The Hall–Kier alpha value is -3.65. The van der Waals surface area contributed by atoms with Gasteiger partial charge in [-0.05, 0) is 70.8 Å². The molecular weight excluding hydrogens is 639 g/mol. The summed E-state index contributed by atoms with van der Waals surface area (Å²) in [6, 6.07) is 29.4. The highest BCUT2D eigenvalue weighted by Crippen LogP contribution is 2.69. The monoisotopic (exact) mass is 660 g/mol. The van der Waals surface area contributed by atoms with Gasteiger partial charge in [0.1, 0.15) is 21.2 Å². The number of carbonyl (C=O) groups excluding carboxylic acids is 3. The molecule has 1 heterocycles. The number of nitrogens with zero attached hydrogens (tertiary/aromatic N) is 1. The average Bonchev–Trinajstić information content (AvgIpc) is 3.27. The van der Waals surface area contributed by atoms with E-state index in [9.17, 15) is 14.4 Å². The molecule has 0 unspecified atom stereocenters. The van der Waals surface area contributed by atoms with Crippen molar-refractivity contribution in [2.24, 2.45) is 11.8 Å². The molecule has 1 N–H and O–H groups in total. The van der Waals surface area contributed by atoms with Crippen LogP contribution in [0.5, 0.6) is 11.5 Å². The molecule has 2 bridgehead atoms. The largest absolute Gasteiger partial charge is 0.457 e. The fourth-order valence-corrected chi connectivity index (χ4v) is 7.99. The number of amides is 3. The fraction of sp³-hybridized carbons (Fsp3) is 0.182. The maximum Gasteiger partial charge on any atom is 0.235 e. The fourth-order valence-electron chi connectivity index (χ4n) is 6.63. The molecule has 0 radical (unpaired) electrons. The Morgan fingerprint density at radius 2 is 1.17 bits per heavy atom. The molecule has 9 heteroatoms. The zero-order chi connectivity index (χ0) is 29.2. The number of rotatable bonds is 6. The van der Waals surface area contributed by atoms with Crippen LogP contribution >= 0.6 is 39.1 Å². The van der Waals surface area contributed by atoms with E-state index < -0.39 is 33.4 Å². The summed E-state index contributed by atoms with van der Waals surface area (Å²) in [7, 11) is 0. The number of halogens is 3. The van der Waals surface area contributed by atoms with Crippen LogP contribution < -0.4 is 10.1 Å². The predicted octanol–water partition coefficient (Wildman–Crippen LogP) is 7.16. The molecule has 3 amide bonds. The molecule has 0 aromatic heterocycles. The van der Waals surface area contributed by atoms with Crippen LogP contribution in [0.3, 0.4) is 0 Å². The molecule has 42 heavy (non-hydrogen) atoms. The van der Waals surface area contributed by atoms with Gasteiger partial charge in [0.05, 0.1) is 11.8 Å². The standard InChI is InChI=1S/C33H23BrCl2N2O4/c34-19-9-13-21(14-10-19)42-22-15-11-20(12-16-22)37-27(39)17-18-38-30(40)28-29(31(38)41)33(36)24-6-2-1-5-23(24)32(28,35)25-7-3-4-8-26(25)33/h1-16,28-29H,17-18H2,(H,37,39)/t28-,29-,32?,33?/m1/s1. The molecule has 8 rings (SSSR count). The van der Waals surface area contributed by atoms with E-state index in [1.54, 1.807) is 24.3 Å². The van der Waals surface area contributed by atoms with Crippen molar-refractivity contribution in [3.63, 3.8) is 0 Å². The first-order valence-electron chi connectivity index (χ1n) is 13.5. The summed E-state index contributed by atoms with van der Waals surface area (Å²) in [6.07, 6.45) is -0.0709. The zero-order valence-corrected chi connectivity index (χ0v) is 25.1. The van der Waals surface area contributed by atoms with Crippen LogP contribution in [0.2, 0.25) is 0 Å². The van der Waals surface area contributed by atoms with E-state index in [2.05, 4.69) is 21.2 Å². The first-order valence-corrected chi connectivity index (χ1v) is 15.0. The maximum atomic E-state index is 13.9. The van der Waals surface area contributed by atoms with Gasteiger partial charge in [0.15, 0.2) is 0 Å². The third-order valence-corrected chi connectivity index (χ3v) is 10.2. The minimum atomic E-state index is -1.24. The van der Waals surface area contributed by atoms with Crippen LogP contribution in [0.4, 0.5) is 5.69 Å². The summed E-state index contributed by atoms with van der Waals surface area (Å²) in [6.45, 7) is -0.0755. The second-order valence-corrected chi connectivity index (χ2v) is 12.8. The molecule has 0 spiro atoms. The van der Waals surface area contributed by atoms with Gasteiger partial charge in [-0.1, -0.05) is 64.5 Å². The van der Waals surface area contributed by atoms with Crippen molar-refractivity contribution in [3.05, 3.63) is 124 Å². The number of hydrogen-bond acceptors (Lipinski definition) is 4. The third-order valence-electron chi connectivity index (χ3n) is 8.43. The van der Waals surface area contributed by atoms with E-state index in [0.717, 1.165) is 31.6 Å². The molecular formula is C33H23BrCl2N2O4. The van der Waals surface area contributed by atoms with Crippen LogP contribution in [-0.4, -0.2) is 29.2 Å². The molecule has 6 nitrogen and oxygen atoms in total. The normalized spacial score (nSPS) is 25.1. The Morgan fingerprint density at radius 1 is 0.738 bits per heavy atom. The summed E-state index contributed by atoms with van der Waals surface area (Å²) in [5.41, 5.74) is 3.55. The first kappa shape index (κ1) is 27.2. The summed E-state index contributed by atoms with van der Waals surface area (Å²) < 4.78 is 6.78. The van der Waals surface area contributed by atoms with Gasteiger partial charge >= 0.3 is 0 Å². The van der Waals surface area contributed by atoms with Gasteiger partial charge in [-0.25, -0.2) is 0 Å². The molecule has 1 fully saturated rings. The van der Waals surface area contributed by atoms with Crippen LogP contribution in [-0.2, 0) is 24.1 Å². The number of anilines is 1. The quantitative estimate of drug-likeness (QED) is 0.176. The van der Waals surface area contributed by atoms with Gasteiger partial charge in [-0.3, -0.25) is 19.3 Å².